The van der Waals surface area contributed by atoms with Gasteiger partial charge in [-0.1, -0.05) is 91.0 Å². The minimum Gasteiger partial charge on any atom is -0.321 e. The van der Waals surface area contributed by atoms with Crippen molar-refractivity contribution >= 4 is 18.0 Å². The van der Waals surface area contributed by atoms with E-state index in [1.807, 2.05) is 18.2 Å². The van der Waals surface area contributed by atoms with Crippen molar-refractivity contribution in [1.29, 1.82) is 0 Å². The second kappa shape index (κ2) is 8.15. The van der Waals surface area contributed by atoms with Crippen LogP contribution in [0.4, 0.5) is 0 Å². The number of hydrogen-bond donors (Lipinski definition) is 1. The third-order valence-electron chi connectivity index (χ3n) is 4.21. The lowest BCUT2D eigenvalue weighted by Crippen LogP contribution is -2.31. The number of aldehydes is 1. The molecule has 3 heteroatoms. The Hall–Kier alpha value is -2.36. The van der Waals surface area contributed by atoms with Crippen LogP contribution in [0.3, 0.4) is 0 Å². The van der Waals surface area contributed by atoms with Crippen molar-refractivity contribution in [3.05, 3.63) is 108 Å². The van der Waals surface area contributed by atoms with Gasteiger partial charge in [0.2, 0.25) is 0 Å². The molecule has 0 aliphatic heterocycles. The fourth-order valence-corrected chi connectivity index (χ4v) is 4.46. The lowest BCUT2D eigenvalue weighted by Gasteiger charge is -2.36. The summed E-state index contributed by atoms with van der Waals surface area (Å²) in [6.45, 7) is 0. The average Bonchev–Trinajstić information content (AvgIpc) is 2.71. The van der Waals surface area contributed by atoms with Gasteiger partial charge in [-0.05, 0) is 16.7 Å². The van der Waals surface area contributed by atoms with E-state index in [1.165, 1.54) is 16.7 Å². The summed E-state index contributed by atoms with van der Waals surface area (Å²) >= 11 is 1.70. The van der Waals surface area contributed by atoms with E-state index in [4.69, 9.17) is 5.73 Å². The number of carbonyl (C=O) groups excluding carboxylic acids is 1. The first-order valence-corrected chi connectivity index (χ1v) is 9.27. The topological polar surface area (TPSA) is 43.1 Å². The summed E-state index contributed by atoms with van der Waals surface area (Å²) in [4.78, 5) is 11.1. The minimum atomic E-state index is -0.486. The predicted molar refractivity (Wildman–Crippen MR) is 106 cm³/mol. The summed E-state index contributed by atoms with van der Waals surface area (Å²) < 4.78 is -0.412. The van der Waals surface area contributed by atoms with E-state index >= 15 is 0 Å². The van der Waals surface area contributed by atoms with E-state index in [0.717, 1.165) is 6.29 Å². The first-order chi connectivity index (χ1) is 12.3. The van der Waals surface area contributed by atoms with Crippen molar-refractivity contribution in [2.45, 2.75) is 10.8 Å². The lowest BCUT2D eigenvalue weighted by molar-refractivity contribution is -0.108. The predicted octanol–water partition coefficient (Wildman–Crippen LogP) is 4.24. The number of nitrogens with two attached hydrogens (primary N) is 1. The molecule has 0 amide bonds. The average molecular weight is 347 g/mol. The fourth-order valence-electron chi connectivity index (χ4n) is 3.03. The van der Waals surface area contributed by atoms with Crippen LogP contribution < -0.4 is 5.73 Å². The first kappa shape index (κ1) is 17.5. The highest BCUT2D eigenvalue weighted by molar-refractivity contribution is 8.00. The van der Waals surface area contributed by atoms with Gasteiger partial charge in [0, 0.05) is 5.75 Å². The van der Waals surface area contributed by atoms with Crippen LogP contribution in [0.25, 0.3) is 0 Å². The van der Waals surface area contributed by atoms with Gasteiger partial charge in [-0.2, -0.15) is 0 Å². The van der Waals surface area contributed by atoms with E-state index < -0.39 is 10.8 Å². The number of carbonyl (C=O) groups is 1. The quantitative estimate of drug-likeness (QED) is 0.513. The van der Waals surface area contributed by atoms with Gasteiger partial charge in [0.1, 0.15) is 6.29 Å². The molecule has 25 heavy (non-hydrogen) atoms. The minimum absolute atomic E-state index is 0.412. The van der Waals surface area contributed by atoms with Crippen molar-refractivity contribution in [2.75, 3.05) is 5.75 Å². The number of hydrogen-bond acceptors (Lipinski definition) is 3. The standard InChI is InChI=1S/C22H21NOS/c23-21(16-24)17-25-22(18-10-4-1-5-11-18,19-12-6-2-7-13-19)20-14-8-3-9-15-20/h1-16,21H,17,23H2/t21-/m1/s1. The molecule has 0 fully saturated rings. The molecule has 126 valence electrons. The van der Waals surface area contributed by atoms with Crippen LogP contribution in [0, 0.1) is 0 Å². The molecule has 3 aromatic carbocycles. The molecule has 0 saturated heterocycles. The normalized spacial score (nSPS) is 12.5. The molecule has 0 saturated carbocycles. The molecule has 1 atom stereocenters. The number of thioether (sulfide) groups is 1. The zero-order valence-electron chi connectivity index (χ0n) is 13.9. The highest BCUT2D eigenvalue weighted by Crippen LogP contribution is 2.48. The highest BCUT2D eigenvalue weighted by atomic mass is 32.2. The Balaban J connectivity index is 2.22. The molecule has 0 aromatic heterocycles. The zero-order chi connectivity index (χ0) is 17.5. The Kier molecular flexibility index (Phi) is 5.69. The molecule has 2 nitrogen and oxygen atoms in total. The van der Waals surface area contributed by atoms with Crippen LogP contribution in [0.1, 0.15) is 16.7 Å². The molecule has 3 rings (SSSR count). The Bertz CT molecular complexity index is 693. The Morgan fingerprint density at radius 2 is 1.12 bits per heavy atom. The summed E-state index contributed by atoms with van der Waals surface area (Å²) in [6, 6.07) is 30.7. The van der Waals surface area contributed by atoms with Gasteiger partial charge >= 0.3 is 0 Å². The maximum Gasteiger partial charge on any atom is 0.137 e. The van der Waals surface area contributed by atoms with Gasteiger partial charge in [-0.25, -0.2) is 0 Å². The number of benzene rings is 3. The largest absolute Gasteiger partial charge is 0.321 e. The van der Waals surface area contributed by atoms with Crippen molar-refractivity contribution < 1.29 is 4.79 Å². The maximum absolute atomic E-state index is 11.1. The molecule has 0 aliphatic rings. The SMILES string of the molecule is N[C@H](C=O)CSC(c1ccccc1)(c1ccccc1)c1ccccc1. The van der Waals surface area contributed by atoms with E-state index in [9.17, 15) is 4.79 Å². The van der Waals surface area contributed by atoms with Crippen LogP contribution in [0.5, 0.6) is 0 Å². The van der Waals surface area contributed by atoms with Gasteiger partial charge < -0.3 is 10.5 Å². The zero-order valence-corrected chi connectivity index (χ0v) is 14.7. The molecule has 0 bridgehead atoms. The van der Waals surface area contributed by atoms with Crippen LogP contribution in [-0.2, 0) is 9.54 Å². The van der Waals surface area contributed by atoms with Gasteiger partial charge in [0.25, 0.3) is 0 Å². The van der Waals surface area contributed by atoms with E-state index in [-0.39, 0.29) is 0 Å². The van der Waals surface area contributed by atoms with Gasteiger partial charge in [0.15, 0.2) is 0 Å². The molecule has 3 aromatic rings. The van der Waals surface area contributed by atoms with Crippen molar-refractivity contribution in [3.8, 4) is 0 Å². The van der Waals surface area contributed by atoms with E-state index in [1.54, 1.807) is 11.8 Å². The monoisotopic (exact) mass is 347 g/mol. The number of rotatable bonds is 7. The third-order valence-corrected chi connectivity index (χ3v) is 5.90. The molecular weight excluding hydrogens is 326 g/mol. The van der Waals surface area contributed by atoms with Crippen LogP contribution in [0.2, 0.25) is 0 Å². The maximum atomic E-state index is 11.1. The Morgan fingerprint density at radius 1 is 0.760 bits per heavy atom. The second-order valence-corrected chi connectivity index (χ2v) is 7.12. The summed E-state index contributed by atoms with van der Waals surface area (Å²) in [5, 5.41) is 0. The summed E-state index contributed by atoms with van der Waals surface area (Å²) in [5.41, 5.74) is 9.45. The molecule has 0 spiro atoms. The van der Waals surface area contributed by atoms with Gasteiger partial charge in [-0.15, -0.1) is 11.8 Å². The van der Waals surface area contributed by atoms with Gasteiger partial charge in [-0.3, -0.25) is 0 Å². The highest BCUT2D eigenvalue weighted by Gasteiger charge is 2.37. The molecule has 0 unspecified atom stereocenters. The summed E-state index contributed by atoms with van der Waals surface area (Å²) in [5.74, 6) is 0.544. The summed E-state index contributed by atoms with van der Waals surface area (Å²) in [6.07, 6.45) is 0.818. The van der Waals surface area contributed by atoms with Crippen molar-refractivity contribution in [3.63, 3.8) is 0 Å². The molecular formula is C22H21NOS. The molecule has 0 heterocycles. The van der Waals surface area contributed by atoms with E-state index in [0.29, 0.717) is 5.75 Å². The molecule has 2 N–H and O–H groups in total. The van der Waals surface area contributed by atoms with Crippen LogP contribution in [0.15, 0.2) is 91.0 Å². The molecule has 0 radical (unpaired) electrons. The summed E-state index contributed by atoms with van der Waals surface area (Å²) in [7, 11) is 0. The lowest BCUT2D eigenvalue weighted by atomic mass is 9.84. The Morgan fingerprint density at radius 3 is 1.44 bits per heavy atom. The van der Waals surface area contributed by atoms with Gasteiger partial charge in [0.05, 0.1) is 10.8 Å². The van der Waals surface area contributed by atoms with Crippen LogP contribution in [-0.4, -0.2) is 18.1 Å². The first-order valence-electron chi connectivity index (χ1n) is 8.29. The van der Waals surface area contributed by atoms with Crippen LogP contribution >= 0.6 is 11.8 Å². The van der Waals surface area contributed by atoms with E-state index in [2.05, 4.69) is 72.8 Å². The second-order valence-electron chi connectivity index (χ2n) is 5.89. The van der Waals surface area contributed by atoms with Crippen molar-refractivity contribution in [1.82, 2.24) is 0 Å². The smallest absolute Gasteiger partial charge is 0.137 e. The van der Waals surface area contributed by atoms with Crippen molar-refractivity contribution in [2.24, 2.45) is 5.73 Å². The third kappa shape index (κ3) is 3.68. The Labute approximate surface area is 153 Å². The molecule has 0 aliphatic carbocycles. The fraction of sp³-hybridized carbons (Fsp3) is 0.136.